The largest absolute Gasteiger partial charge is 0.319 e. The Morgan fingerprint density at radius 3 is 2.69 bits per heavy atom. The molecule has 1 aromatic carbocycles. The summed E-state index contributed by atoms with van der Waals surface area (Å²) in [6.07, 6.45) is 0.782. The minimum Gasteiger partial charge on any atom is -0.319 e. The van der Waals surface area contributed by atoms with Gasteiger partial charge in [0.25, 0.3) is 0 Å². The fraction of sp³-hybridized carbons (Fsp3) is 0.462. The first-order valence-corrected chi connectivity index (χ1v) is 5.44. The SMILES string of the molecule is CCC(C)(N)C(=O)Cc1cc(F)ccc1C. The number of rotatable bonds is 4. The number of hydrogen-bond donors (Lipinski definition) is 1. The van der Waals surface area contributed by atoms with Crippen molar-refractivity contribution in [3.63, 3.8) is 0 Å². The number of nitrogens with two attached hydrogens (primary N) is 1. The first-order chi connectivity index (χ1) is 7.36. The lowest BCUT2D eigenvalue weighted by Crippen LogP contribution is -2.45. The molecule has 0 radical (unpaired) electrons. The molecule has 3 heteroatoms. The molecule has 0 aliphatic carbocycles. The minimum absolute atomic E-state index is 0.0521. The van der Waals surface area contributed by atoms with E-state index < -0.39 is 5.54 Å². The third kappa shape index (κ3) is 2.89. The zero-order valence-corrected chi connectivity index (χ0v) is 10.0. The van der Waals surface area contributed by atoms with Crippen molar-refractivity contribution in [1.82, 2.24) is 0 Å². The Balaban J connectivity index is 2.89. The van der Waals surface area contributed by atoms with Crippen LogP contribution < -0.4 is 5.73 Å². The summed E-state index contributed by atoms with van der Waals surface area (Å²) in [6, 6.07) is 4.47. The fourth-order valence-electron chi connectivity index (χ4n) is 1.40. The zero-order chi connectivity index (χ0) is 12.3. The van der Waals surface area contributed by atoms with Gasteiger partial charge in [0.05, 0.1) is 5.54 Å². The molecule has 1 unspecified atom stereocenters. The van der Waals surface area contributed by atoms with Gasteiger partial charge in [-0.2, -0.15) is 0 Å². The van der Waals surface area contributed by atoms with Crippen molar-refractivity contribution in [2.45, 2.75) is 39.2 Å². The third-order valence-corrected chi connectivity index (χ3v) is 3.03. The summed E-state index contributed by atoms with van der Waals surface area (Å²) in [5, 5.41) is 0. The van der Waals surface area contributed by atoms with E-state index in [9.17, 15) is 9.18 Å². The highest BCUT2D eigenvalue weighted by Gasteiger charge is 2.26. The Morgan fingerprint density at radius 1 is 1.50 bits per heavy atom. The zero-order valence-electron chi connectivity index (χ0n) is 10.0. The molecule has 1 atom stereocenters. The van der Waals surface area contributed by atoms with Crippen LogP contribution in [0.25, 0.3) is 0 Å². The molecule has 0 heterocycles. The maximum Gasteiger partial charge on any atom is 0.156 e. The van der Waals surface area contributed by atoms with Gasteiger partial charge in [0.1, 0.15) is 5.82 Å². The van der Waals surface area contributed by atoms with Gasteiger partial charge in [-0.15, -0.1) is 0 Å². The van der Waals surface area contributed by atoms with Gasteiger partial charge < -0.3 is 5.73 Å². The lowest BCUT2D eigenvalue weighted by atomic mass is 9.89. The van der Waals surface area contributed by atoms with Crippen LogP contribution in [0.2, 0.25) is 0 Å². The molecule has 1 aromatic rings. The monoisotopic (exact) mass is 223 g/mol. The predicted molar refractivity (Wildman–Crippen MR) is 62.7 cm³/mol. The van der Waals surface area contributed by atoms with Gasteiger partial charge in [-0.3, -0.25) is 4.79 Å². The van der Waals surface area contributed by atoms with Crippen molar-refractivity contribution in [1.29, 1.82) is 0 Å². The van der Waals surface area contributed by atoms with Crippen molar-refractivity contribution < 1.29 is 9.18 Å². The number of carbonyl (C=O) groups excluding carboxylic acids is 1. The van der Waals surface area contributed by atoms with Crippen LogP contribution in [-0.4, -0.2) is 11.3 Å². The molecular weight excluding hydrogens is 205 g/mol. The molecular formula is C13H18FNO. The number of hydrogen-bond acceptors (Lipinski definition) is 2. The van der Waals surface area contributed by atoms with Gasteiger partial charge in [-0.05, 0) is 43.5 Å². The lowest BCUT2D eigenvalue weighted by Gasteiger charge is -2.21. The van der Waals surface area contributed by atoms with Crippen LogP contribution in [0.1, 0.15) is 31.4 Å². The average Bonchev–Trinajstić information content (AvgIpc) is 2.23. The molecule has 0 fully saturated rings. The van der Waals surface area contributed by atoms with Gasteiger partial charge in [-0.1, -0.05) is 13.0 Å². The summed E-state index contributed by atoms with van der Waals surface area (Å²) >= 11 is 0. The summed E-state index contributed by atoms with van der Waals surface area (Å²) < 4.78 is 13.0. The summed E-state index contributed by atoms with van der Waals surface area (Å²) in [7, 11) is 0. The van der Waals surface area contributed by atoms with Crippen LogP contribution >= 0.6 is 0 Å². The number of halogens is 1. The fourth-order valence-corrected chi connectivity index (χ4v) is 1.40. The molecule has 2 nitrogen and oxygen atoms in total. The molecule has 0 bridgehead atoms. The quantitative estimate of drug-likeness (QED) is 0.851. The molecule has 0 saturated heterocycles. The van der Waals surface area contributed by atoms with Crippen molar-refractivity contribution in [2.24, 2.45) is 5.73 Å². The number of aryl methyl sites for hydroxylation is 1. The van der Waals surface area contributed by atoms with Crippen LogP contribution in [0.5, 0.6) is 0 Å². The van der Waals surface area contributed by atoms with Gasteiger partial charge in [-0.25, -0.2) is 4.39 Å². The van der Waals surface area contributed by atoms with E-state index in [0.717, 1.165) is 11.1 Å². The smallest absolute Gasteiger partial charge is 0.156 e. The molecule has 1 rings (SSSR count). The summed E-state index contributed by atoms with van der Waals surface area (Å²) in [6.45, 7) is 5.45. The second-order valence-corrected chi connectivity index (χ2v) is 4.44. The van der Waals surface area contributed by atoms with Gasteiger partial charge in [0.15, 0.2) is 5.78 Å². The van der Waals surface area contributed by atoms with Gasteiger partial charge >= 0.3 is 0 Å². The normalized spacial score (nSPS) is 14.6. The Kier molecular flexibility index (Phi) is 3.81. The Bertz CT molecular complexity index is 399. The summed E-state index contributed by atoms with van der Waals surface area (Å²) in [5.41, 5.74) is 6.67. The van der Waals surface area contributed by atoms with Crippen molar-refractivity contribution >= 4 is 5.78 Å². The highest BCUT2D eigenvalue weighted by atomic mass is 19.1. The number of carbonyl (C=O) groups is 1. The predicted octanol–water partition coefficient (Wildman–Crippen LogP) is 2.37. The molecule has 88 valence electrons. The lowest BCUT2D eigenvalue weighted by molar-refractivity contribution is -0.123. The molecule has 0 aromatic heterocycles. The first kappa shape index (κ1) is 12.8. The van der Waals surface area contributed by atoms with Crippen molar-refractivity contribution in [3.05, 3.63) is 35.1 Å². The highest BCUT2D eigenvalue weighted by Crippen LogP contribution is 2.15. The van der Waals surface area contributed by atoms with E-state index in [0.29, 0.717) is 6.42 Å². The maximum atomic E-state index is 13.0. The maximum absolute atomic E-state index is 13.0. The van der Waals surface area contributed by atoms with E-state index in [1.807, 2.05) is 13.8 Å². The van der Waals surface area contributed by atoms with Crippen LogP contribution in [-0.2, 0) is 11.2 Å². The Labute approximate surface area is 95.7 Å². The summed E-state index contributed by atoms with van der Waals surface area (Å²) in [5.74, 6) is -0.368. The molecule has 16 heavy (non-hydrogen) atoms. The minimum atomic E-state index is -0.821. The van der Waals surface area contributed by atoms with Crippen LogP contribution in [0.15, 0.2) is 18.2 Å². The van der Waals surface area contributed by atoms with E-state index in [-0.39, 0.29) is 18.0 Å². The average molecular weight is 223 g/mol. The summed E-state index contributed by atoms with van der Waals surface area (Å²) in [4.78, 5) is 11.9. The second-order valence-electron chi connectivity index (χ2n) is 4.44. The number of ketones is 1. The van der Waals surface area contributed by atoms with Crippen molar-refractivity contribution in [2.75, 3.05) is 0 Å². The van der Waals surface area contributed by atoms with E-state index in [2.05, 4.69) is 0 Å². The Hall–Kier alpha value is -1.22. The topological polar surface area (TPSA) is 43.1 Å². The first-order valence-electron chi connectivity index (χ1n) is 5.44. The molecule has 2 N–H and O–H groups in total. The van der Waals surface area contributed by atoms with E-state index in [4.69, 9.17) is 5.73 Å². The van der Waals surface area contributed by atoms with Gasteiger partial charge in [0, 0.05) is 6.42 Å². The van der Waals surface area contributed by atoms with Crippen LogP contribution in [0.4, 0.5) is 4.39 Å². The standard InChI is InChI=1S/C13H18FNO/c1-4-13(3,15)12(16)8-10-7-11(14)6-5-9(10)2/h5-7H,4,8,15H2,1-3H3. The van der Waals surface area contributed by atoms with E-state index in [1.54, 1.807) is 13.0 Å². The molecule has 0 aliphatic heterocycles. The van der Waals surface area contributed by atoms with Gasteiger partial charge in [0.2, 0.25) is 0 Å². The second kappa shape index (κ2) is 4.74. The number of Topliss-reactive ketones (excluding diaryl/α,β-unsaturated/α-hetero) is 1. The molecule has 0 spiro atoms. The van der Waals surface area contributed by atoms with E-state index in [1.165, 1.54) is 12.1 Å². The van der Waals surface area contributed by atoms with Crippen LogP contribution in [0, 0.1) is 12.7 Å². The molecule has 0 saturated carbocycles. The molecule has 0 amide bonds. The van der Waals surface area contributed by atoms with E-state index >= 15 is 0 Å². The number of benzene rings is 1. The van der Waals surface area contributed by atoms with Crippen molar-refractivity contribution in [3.8, 4) is 0 Å². The molecule has 0 aliphatic rings. The highest BCUT2D eigenvalue weighted by molar-refractivity contribution is 5.89. The van der Waals surface area contributed by atoms with Crippen LogP contribution in [0.3, 0.4) is 0 Å². The Morgan fingerprint density at radius 2 is 2.12 bits per heavy atom. The third-order valence-electron chi connectivity index (χ3n) is 3.03.